The predicted octanol–water partition coefficient (Wildman–Crippen LogP) is 0.181. The third-order valence-corrected chi connectivity index (χ3v) is 5.77. The van der Waals surface area contributed by atoms with Crippen LogP contribution in [-0.4, -0.2) is 42.9 Å². The first-order valence-corrected chi connectivity index (χ1v) is 8.43. The van der Waals surface area contributed by atoms with Crippen molar-refractivity contribution in [3.8, 4) is 0 Å². The molecule has 1 aliphatic carbocycles. The van der Waals surface area contributed by atoms with E-state index in [0.29, 0.717) is 32.1 Å². The lowest BCUT2D eigenvalue weighted by molar-refractivity contribution is -0.141. The molecule has 1 aliphatic heterocycles. The van der Waals surface area contributed by atoms with Gasteiger partial charge < -0.3 is 10.4 Å². The molecule has 6 nitrogen and oxygen atoms in total. The van der Waals surface area contributed by atoms with Gasteiger partial charge in [0.2, 0.25) is 5.91 Å². The lowest BCUT2D eigenvalue weighted by Crippen LogP contribution is -2.43. The van der Waals surface area contributed by atoms with Crippen molar-refractivity contribution in [3.05, 3.63) is 0 Å². The molecule has 7 heteroatoms. The highest BCUT2D eigenvalue weighted by molar-refractivity contribution is 7.91. The molecule has 1 saturated heterocycles. The number of sulfone groups is 1. The largest absolute Gasteiger partial charge is 0.481 e. The van der Waals surface area contributed by atoms with Crippen LogP contribution in [0, 0.1) is 11.8 Å². The average Bonchev–Trinajstić information content (AvgIpc) is 2.81. The third-order valence-electron chi connectivity index (χ3n) is 4.05. The van der Waals surface area contributed by atoms with Crippen molar-refractivity contribution in [2.75, 3.05) is 11.5 Å². The highest BCUT2D eigenvalue weighted by Gasteiger charge is 2.35. The third kappa shape index (κ3) is 3.68. The van der Waals surface area contributed by atoms with Crippen molar-refractivity contribution in [2.24, 2.45) is 11.8 Å². The number of carbonyl (C=O) groups excluding carboxylic acids is 1. The van der Waals surface area contributed by atoms with E-state index in [0.717, 1.165) is 0 Å². The fraction of sp³-hybridized carbons (Fsp3) is 0.833. The van der Waals surface area contributed by atoms with E-state index in [1.807, 2.05) is 0 Å². The summed E-state index contributed by atoms with van der Waals surface area (Å²) < 4.78 is 22.6. The number of carboxylic acids is 1. The summed E-state index contributed by atoms with van der Waals surface area (Å²) in [6, 6.07) is -0.0834. The Balaban J connectivity index is 1.81. The highest BCUT2D eigenvalue weighted by Crippen LogP contribution is 2.31. The summed E-state index contributed by atoms with van der Waals surface area (Å²) >= 11 is 0. The maximum absolute atomic E-state index is 12.0. The Bertz CT molecular complexity index is 459. The van der Waals surface area contributed by atoms with Crippen molar-refractivity contribution in [1.29, 1.82) is 0 Å². The molecular weight excluding hydrogens is 270 g/mol. The number of amides is 1. The van der Waals surface area contributed by atoms with E-state index in [4.69, 9.17) is 5.11 Å². The Morgan fingerprint density at radius 3 is 2.11 bits per heavy atom. The van der Waals surface area contributed by atoms with Gasteiger partial charge in [0.1, 0.15) is 9.84 Å². The lowest BCUT2D eigenvalue weighted by atomic mass is 10.0. The fourth-order valence-electron chi connectivity index (χ4n) is 2.80. The highest BCUT2D eigenvalue weighted by atomic mass is 32.2. The molecule has 2 aliphatic rings. The van der Waals surface area contributed by atoms with Gasteiger partial charge in [0.05, 0.1) is 17.4 Å². The second-order valence-electron chi connectivity index (χ2n) is 5.48. The van der Waals surface area contributed by atoms with Crippen LogP contribution in [0.4, 0.5) is 0 Å². The molecule has 1 heterocycles. The topological polar surface area (TPSA) is 101 Å². The number of aliphatic carboxylic acids is 1. The van der Waals surface area contributed by atoms with Crippen LogP contribution in [0.5, 0.6) is 0 Å². The minimum atomic E-state index is -2.92. The van der Waals surface area contributed by atoms with Crippen molar-refractivity contribution < 1.29 is 23.1 Å². The molecule has 108 valence electrons. The number of carbonyl (C=O) groups is 2. The molecule has 2 fully saturated rings. The van der Waals surface area contributed by atoms with E-state index >= 15 is 0 Å². The van der Waals surface area contributed by atoms with Crippen molar-refractivity contribution in [2.45, 2.75) is 38.1 Å². The first-order valence-electron chi connectivity index (χ1n) is 6.61. The maximum atomic E-state index is 12.0. The predicted molar refractivity (Wildman–Crippen MR) is 68.3 cm³/mol. The van der Waals surface area contributed by atoms with E-state index in [-0.39, 0.29) is 29.4 Å². The number of carboxylic acid groups (broad SMARTS) is 1. The van der Waals surface area contributed by atoms with Gasteiger partial charge >= 0.3 is 5.97 Å². The molecule has 0 bridgehead atoms. The SMILES string of the molecule is O=C(O)C1CCC(C(=O)NC2CCS(=O)(=O)CC2)C1. The molecule has 1 saturated carbocycles. The summed E-state index contributed by atoms with van der Waals surface area (Å²) in [6.45, 7) is 0. The van der Waals surface area contributed by atoms with Gasteiger partial charge in [-0.05, 0) is 32.1 Å². The van der Waals surface area contributed by atoms with Crippen LogP contribution in [0.25, 0.3) is 0 Å². The molecule has 0 aromatic heterocycles. The summed E-state index contributed by atoms with van der Waals surface area (Å²) in [6.07, 6.45) is 2.47. The molecule has 0 aromatic rings. The van der Waals surface area contributed by atoms with Crippen molar-refractivity contribution in [3.63, 3.8) is 0 Å². The van der Waals surface area contributed by atoms with Gasteiger partial charge in [-0.25, -0.2) is 8.42 Å². The Morgan fingerprint density at radius 1 is 1.00 bits per heavy atom. The van der Waals surface area contributed by atoms with Gasteiger partial charge in [0.25, 0.3) is 0 Å². The van der Waals surface area contributed by atoms with Crippen molar-refractivity contribution >= 4 is 21.7 Å². The van der Waals surface area contributed by atoms with Gasteiger partial charge in [-0.1, -0.05) is 0 Å². The van der Waals surface area contributed by atoms with E-state index < -0.39 is 21.7 Å². The van der Waals surface area contributed by atoms with E-state index in [2.05, 4.69) is 5.32 Å². The van der Waals surface area contributed by atoms with Gasteiger partial charge in [-0.15, -0.1) is 0 Å². The van der Waals surface area contributed by atoms with Crippen LogP contribution in [0.15, 0.2) is 0 Å². The summed E-state index contributed by atoms with van der Waals surface area (Å²) in [5, 5.41) is 11.8. The summed E-state index contributed by atoms with van der Waals surface area (Å²) in [7, 11) is -2.92. The molecule has 0 radical (unpaired) electrons. The normalized spacial score (nSPS) is 30.9. The minimum absolute atomic E-state index is 0.0834. The quantitative estimate of drug-likeness (QED) is 0.772. The number of rotatable bonds is 3. The van der Waals surface area contributed by atoms with Crippen LogP contribution >= 0.6 is 0 Å². The smallest absolute Gasteiger partial charge is 0.306 e. The van der Waals surface area contributed by atoms with Gasteiger partial charge in [0.15, 0.2) is 0 Å². The Morgan fingerprint density at radius 2 is 1.58 bits per heavy atom. The zero-order valence-corrected chi connectivity index (χ0v) is 11.5. The number of nitrogens with one attached hydrogen (secondary N) is 1. The maximum Gasteiger partial charge on any atom is 0.306 e. The molecule has 1 amide bonds. The number of hydrogen-bond acceptors (Lipinski definition) is 4. The van der Waals surface area contributed by atoms with Crippen LogP contribution < -0.4 is 5.32 Å². The second kappa shape index (κ2) is 5.48. The lowest BCUT2D eigenvalue weighted by Gasteiger charge is -2.24. The Kier molecular flexibility index (Phi) is 4.13. The van der Waals surface area contributed by atoms with Crippen LogP contribution in [-0.2, 0) is 19.4 Å². The zero-order chi connectivity index (χ0) is 14.0. The van der Waals surface area contributed by atoms with E-state index in [9.17, 15) is 18.0 Å². The standard InChI is InChI=1S/C12H19NO5S/c14-11(8-1-2-9(7-8)12(15)16)13-10-3-5-19(17,18)6-4-10/h8-10H,1-7H2,(H,13,14)(H,15,16). The summed E-state index contributed by atoms with van der Waals surface area (Å²) in [5.74, 6) is -1.35. The molecular formula is C12H19NO5S. The van der Waals surface area contributed by atoms with Crippen LogP contribution in [0.3, 0.4) is 0 Å². The number of hydrogen-bond donors (Lipinski definition) is 2. The van der Waals surface area contributed by atoms with Gasteiger partial charge in [0, 0.05) is 12.0 Å². The second-order valence-corrected chi connectivity index (χ2v) is 7.78. The monoisotopic (exact) mass is 289 g/mol. The molecule has 2 unspecified atom stereocenters. The summed E-state index contributed by atoms with van der Waals surface area (Å²) in [5.41, 5.74) is 0. The molecule has 2 rings (SSSR count). The van der Waals surface area contributed by atoms with E-state index in [1.165, 1.54) is 0 Å². The fourth-order valence-corrected chi connectivity index (χ4v) is 4.29. The molecule has 0 aromatic carbocycles. The molecule has 2 atom stereocenters. The first-order chi connectivity index (χ1) is 8.87. The van der Waals surface area contributed by atoms with Crippen LogP contribution in [0.2, 0.25) is 0 Å². The Hall–Kier alpha value is -1.11. The first kappa shape index (κ1) is 14.3. The molecule has 0 spiro atoms. The average molecular weight is 289 g/mol. The molecule has 2 N–H and O–H groups in total. The Labute approximate surface area is 112 Å². The molecule has 19 heavy (non-hydrogen) atoms. The minimum Gasteiger partial charge on any atom is -0.481 e. The van der Waals surface area contributed by atoms with E-state index in [1.54, 1.807) is 0 Å². The van der Waals surface area contributed by atoms with Gasteiger partial charge in [-0.2, -0.15) is 0 Å². The van der Waals surface area contributed by atoms with Crippen LogP contribution in [0.1, 0.15) is 32.1 Å². The van der Waals surface area contributed by atoms with Crippen molar-refractivity contribution in [1.82, 2.24) is 5.32 Å². The van der Waals surface area contributed by atoms with Gasteiger partial charge in [-0.3, -0.25) is 9.59 Å². The summed E-state index contributed by atoms with van der Waals surface area (Å²) in [4.78, 5) is 22.8. The zero-order valence-electron chi connectivity index (χ0n) is 10.7.